The van der Waals surface area contributed by atoms with Crippen LogP contribution in [0, 0.1) is 16.7 Å². The Morgan fingerprint density at radius 2 is 2.02 bits per heavy atom. The molecule has 0 aromatic carbocycles. The third-order valence-corrected chi connectivity index (χ3v) is 11.3. The minimum absolute atomic E-state index is 0.0470. The molecule has 2 aliphatic heterocycles. The van der Waals surface area contributed by atoms with Crippen molar-refractivity contribution in [1.82, 2.24) is 24.8 Å². The average Bonchev–Trinajstić information content (AvgIpc) is 3.28. The number of nitrogens with two attached hydrogens (primary N) is 2. The third kappa shape index (κ3) is 5.41. The summed E-state index contributed by atoms with van der Waals surface area (Å²) in [4.78, 5) is 23.1. The second-order valence-electron chi connectivity index (χ2n) is 11.9. The van der Waals surface area contributed by atoms with Crippen molar-refractivity contribution < 1.29 is 22.3 Å². The lowest BCUT2D eigenvalue weighted by molar-refractivity contribution is 0.0287. The fourth-order valence-corrected chi connectivity index (χ4v) is 8.98. The van der Waals surface area contributed by atoms with Crippen LogP contribution in [0.5, 0.6) is 6.01 Å². The number of aromatic nitrogens is 4. The van der Waals surface area contributed by atoms with Gasteiger partial charge in [0.2, 0.25) is 11.9 Å². The maximum Gasteiger partial charge on any atom is 0.323 e. The first-order valence-corrected chi connectivity index (χ1v) is 16.0. The van der Waals surface area contributed by atoms with Crippen LogP contribution in [-0.2, 0) is 10.5 Å². The minimum atomic E-state index is -2.94. The van der Waals surface area contributed by atoms with Gasteiger partial charge in [-0.05, 0) is 27.1 Å². The van der Waals surface area contributed by atoms with Gasteiger partial charge in [-0.3, -0.25) is 0 Å². The van der Waals surface area contributed by atoms with Crippen LogP contribution in [0.15, 0.2) is 23.7 Å². The highest BCUT2D eigenvalue weighted by Gasteiger charge is 2.71. The van der Waals surface area contributed by atoms with Crippen molar-refractivity contribution in [3.8, 4) is 12.1 Å². The van der Waals surface area contributed by atoms with Gasteiger partial charge in [-0.2, -0.15) is 20.2 Å². The second-order valence-corrected chi connectivity index (χ2v) is 14.2. The van der Waals surface area contributed by atoms with E-state index in [-0.39, 0.29) is 36.7 Å². The maximum absolute atomic E-state index is 14.5. The van der Waals surface area contributed by atoms with E-state index in [0.717, 1.165) is 10.4 Å². The Kier molecular flexibility index (Phi) is 7.99. The van der Waals surface area contributed by atoms with Crippen molar-refractivity contribution in [3.05, 3.63) is 45.3 Å². The van der Waals surface area contributed by atoms with E-state index >= 15 is 0 Å². The summed E-state index contributed by atoms with van der Waals surface area (Å²) in [7, 11) is 3.39. The molecule has 2 fully saturated rings. The van der Waals surface area contributed by atoms with E-state index in [1.54, 1.807) is 54.7 Å². The number of fused-ring (bicyclic) bond motifs is 2. The molecule has 3 aromatic rings. The first-order chi connectivity index (χ1) is 21.3. The van der Waals surface area contributed by atoms with Gasteiger partial charge < -0.3 is 30.9 Å². The Morgan fingerprint density at radius 3 is 2.64 bits per heavy atom. The van der Waals surface area contributed by atoms with E-state index < -0.39 is 47.9 Å². The molecule has 11 nitrogen and oxygen atoms in total. The van der Waals surface area contributed by atoms with Gasteiger partial charge in [0.1, 0.15) is 24.7 Å². The molecule has 4 N–H and O–H groups in total. The summed E-state index contributed by atoms with van der Waals surface area (Å²) in [5.74, 6) is -2.19. The van der Waals surface area contributed by atoms with Gasteiger partial charge in [0.05, 0.1) is 28.3 Å². The standard InChI is InChI=1S/C28H32F4N10OS2/c1-15(17-5-4-6-36-21(17)34)41(8-19(29)30)23-37-24(39-25(38-23)43-14-26(12-40(2)3)11-28(26,31)32)42-13-27(22(42)35)20-16(7-33)9-44-18(20)10-45-27/h4-6,9,15,19,22H,8,10-14,35H2,1-3H3,(H2,34,36)/t15-,22?,26?,27?/m1/s1. The first-order valence-electron chi connectivity index (χ1n) is 14.1. The van der Waals surface area contributed by atoms with E-state index in [0.29, 0.717) is 23.4 Å². The monoisotopic (exact) mass is 664 g/mol. The Hall–Kier alpha value is -3.46. The van der Waals surface area contributed by atoms with Gasteiger partial charge in [0.25, 0.3) is 12.3 Å². The van der Waals surface area contributed by atoms with Gasteiger partial charge >= 0.3 is 6.01 Å². The predicted octanol–water partition coefficient (Wildman–Crippen LogP) is 3.83. The van der Waals surface area contributed by atoms with E-state index in [9.17, 15) is 22.8 Å². The molecule has 240 valence electrons. The molecule has 0 radical (unpaired) electrons. The van der Waals surface area contributed by atoms with Crippen molar-refractivity contribution in [3.63, 3.8) is 0 Å². The number of alkyl halides is 4. The number of nitrogens with zero attached hydrogens (tertiary/aromatic N) is 8. The molecule has 3 aromatic heterocycles. The highest BCUT2D eigenvalue weighted by atomic mass is 32.2. The van der Waals surface area contributed by atoms with E-state index in [4.69, 9.17) is 16.2 Å². The highest BCUT2D eigenvalue weighted by Crippen LogP contribution is 2.61. The quantitative estimate of drug-likeness (QED) is 0.287. The first kappa shape index (κ1) is 31.5. The van der Waals surface area contributed by atoms with Crippen molar-refractivity contribution in [2.45, 2.75) is 48.4 Å². The van der Waals surface area contributed by atoms with Crippen LogP contribution >= 0.6 is 23.1 Å². The van der Waals surface area contributed by atoms with Gasteiger partial charge in [-0.25, -0.2) is 22.5 Å². The summed E-state index contributed by atoms with van der Waals surface area (Å²) in [5, 5.41) is 11.5. The fraction of sp³-hybridized carbons (Fsp3) is 0.536. The normalized spacial score (nSPS) is 25.3. The van der Waals surface area contributed by atoms with Gasteiger partial charge in [-0.1, -0.05) is 6.07 Å². The van der Waals surface area contributed by atoms with Crippen LogP contribution in [0.4, 0.5) is 35.3 Å². The molecule has 1 saturated heterocycles. The number of thiophene rings is 1. The van der Waals surface area contributed by atoms with Crippen molar-refractivity contribution >= 4 is 40.8 Å². The summed E-state index contributed by atoms with van der Waals surface area (Å²) < 4.78 is 62.3. The number of nitrogen functional groups attached to an aromatic ring is 1. The molecule has 1 spiro atoms. The molecule has 45 heavy (non-hydrogen) atoms. The van der Waals surface area contributed by atoms with E-state index in [1.165, 1.54) is 22.4 Å². The van der Waals surface area contributed by atoms with E-state index in [1.807, 2.05) is 5.38 Å². The predicted molar refractivity (Wildman–Crippen MR) is 164 cm³/mol. The zero-order chi connectivity index (χ0) is 32.3. The molecule has 3 aliphatic rings. The smallest absolute Gasteiger partial charge is 0.323 e. The summed E-state index contributed by atoms with van der Waals surface area (Å²) >= 11 is 3.14. The van der Waals surface area contributed by atoms with Crippen LogP contribution in [-0.4, -0.2) is 83.7 Å². The molecular weight excluding hydrogens is 633 g/mol. The lowest BCUT2D eigenvalue weighted by Crippen LogP contribution is -2.70. The Morgan fingerprint density at radius 1 is 1.27 bits per heavy atom. The molecule has 3 unspecified atom stereocenters. The summed E-state index contributed by atoms with van der Waals surface area (Å²) in [6.07, 6.45) is -2.32. The Labute approximate surface area is 265 Å². The van der Waals surface area contributed by atoms with Gasteiger partial charge in [0, 0.05) is 52.8 Å². The fourth-order valence-electron chi connectivity index (χ4n) is 6.19. The second kappa shape index (κ2) is 11.4. The Balaban J connectivity index is 1.37. The maximum atomic E-state index is 14.5. The highest BCUT2D eigenvalue weighted by molar-refractivity contribution is 8.00. The number of thioether (sulfide) groups is 1. The average molecular weight is 665 g/mol. The number of pyridine rings is 1. The van der Waals surface area contributed by atoms with Crippen LogP contribution in [0.3, 0.4) is 0 Å². The molecule has 0 bridgehead atoms. The number of nitriles is 1. The van der Waals surface area contributed by atoms with Crippen molar-refractivity contribution in [2.75, 3.05) is 55.9 Å². The minimum Gasteiger partial charge on any atom is -0.462 e. The topological polar surface area (TPSA) is 146 Å². The number of rotatable bonds is 11. The largest absolute Gasteiger partial charge is 0.462 e. The van der Waals surface area contributed by atoms with Crippen molar-refractivity contribution in [2.24, 2.45) is 11.1 Å². The van der Waals surface area contributed by atoms with Crippen LogP contribution < -0.4 is 26.0 Å². The number of hydrogen-bond donors (Lipinski definition) is 2. The lowest BCUT2D eigenvalue weighted by Gasteiger charge is -2.53. The molecule has 4 atom stereocenters. The van der Waals surface area contributed by atoms with E-state index in [2.05, 4.69) is 26.0 Å². The summed E-state index contributed by atoms with van der Waals surface area (Å²) in [5.41, 5.74) is 13.3. The third-order valence-electron chi connectivity index (χ3n) is 8.63. The number of anilines is 3. The summed E-state index contributed by atoms with van der Waals surface area (Å²) in [6, 6.07) is 4.52. The molecular formula is C28H32F4N10OS2. The number of ether oxygens (including phenoxy) is 1. The van der Waals surface area contributed by atoms with Crippen LogP contribution in [0.1, 0.15) is 41.0 Å². The molecule has 5 heterocycles. The number of halogens is 4. The Bertz CT molecular complexity index is 1640. The summed E-state index contributed by atoms with van der Waals surface area (Å²) in [6.45, 7) is 0.911. The molecule has 1 saturated carbocycles. The molecule has 0 amide bonds. The van der Waals surface area contributed by atoms with Crippen LogP contribution in [0.25, 0.3) is 0 Å². The zero-order valence-corrected chi connectivity index (χ0v) is 26.4. The van der Waals surface area contributed by atoms with Gasteiger partial charge in [0.15, 0.2) is 0 Å². The SMILES string of the molecule is C[C@H](c1cccnc1N)N(CC(F)F)c1nc(OCC2(CN(C)C)CC2(F)F)nc(N2CC3(SCc4scc(C#N)c43)C2N)n1. The van der Waals surface area contributed by atoms with Crippen molar-refractivity contribution in [1.29, 1.82) is 5.26 Å². The zero-order valence-electron chi connectivity index (χ0n) is 24.8. The molecule has 1 aliphatic carbocycles. The van der Waals surface area contributed by atoms with Gasteiger partial charge in [-0.15, -0.1) is 23.1 Å². The molecule has 6 rings (SSSR count). The molecule has 17 heteroatoms. The van der Waals surface area contributed by atoms with Crippen LogP contribution in [0.2, 0.25) is 0 Å². The number of hydrogen-bond acceptors (Lipinski definition) is 13. The lowest BCUT2D eigenvalue weighted by atomic mass is 9.85.